The molecule has 2 heterocycles. The molecular weight excluding hydrogens is 284 g/mol. The van der Waals surface area contributed by atoms with Gasteiger partial charge in [0.25, 0.3) is 5.91 Å². The number of thiazole rings is 1. The van der Waals surface area contributed by atoms with Crippen LogP contribution in [-0.2, 0) is 6.42 Å². The number of hydrogen-bond acceptors (Lipinski definition) is 5. The van der Waals surface area contributed by atoms with Gasteiger partial charge in [0.05, 0.1) is 10.7 Å². The number of aromatic nitrogens is 3. The van der Waals surface area contributed by atoms with E-state index in [9.17, 15) is 4.79 Å². The van der Waals surface area contributed by atoms with E-state index in [2.05, 4.69) is 34.1 Å². The van der Waals surface area contributed by atoms with E-state index >= 15 is 0 Å². The fourth-order valence-corrected chi connectivity index (χ4v) is 2.95. The summed E-state index contributed by atoms with van der Waals surface area (Å²) in [5.74, 6) is 0.621. The number of anilines is 1. The first-order valence-corrected chi connectivity index (χ1v) is 7.76. The molecule has 5 nitrogen and oxygen atoms in total. The van der Waals surface area contributed by atoms with Crippen LogP contribution < -0.4 is 5.32 Å². The van der Waals surface area contributed by atoms with Crippen molar-refractivity contribution in [1.29, 1.82) is 0 Å². The molecule has 0 radical (unpaired) electrons. The Morgan fingerprint density at radius 2 is 1.81 bits per heavy atom. The van der Waals surface area contributed by atoms with Crippen LogP contribution >= 0.6 is 11.3 Å². The Morgan fingerprint density at radius 1 is 1.19 bits per heavy atom. The summed E-state index contributed by atoms with van der Waals surface area (Å²) in [5.41, 5.74) is 2.52. The van der Waals surface area contributed by atoms with Crippen LogP contribution in [-0.4, -0.2) is 20.9 Å². The highest BCUT2D eigenvalue weighted by atomic mass is 32.1. The summed E-state index contributed by atoms with van der Waals surface area (Å²) >= 11 is 1.41. The van der Waals surface area contributed by atoms with Crippen molar-refractivity contribution in [2.24, 2.45) is 5.92 Å². The molecule has 0 unspecified atom stereocenters. The van der Waals surface area contributed by atoms with Crippen molar-refractivity contribution in [2.45, 2.75) is 41.0 Å². The molecule has 0 aliphatic rings. The summed E-state index contributed by atoms with van der Waals surface area (Å²) < 4.78 is 0. The predicted octanol–water partition coefficient (Wildman–Crippen LogP) is 3.31. The molecule has 2 rings (SSSR count). The zero-order valence-corrected chi connectivity index (χ0v) is 13.8. The molecule has 21 heavy (non-hydrogen) atoms. The Hall–Kier alpha value is -1.82. The quantitative estimate of drug-likeness (QED) is 0.941. The topological polar surface area (TPSA) is 67.8 Å². The summed E-state index contributed by atoms with van der Waals surface area (Å²) in [4.78, 5) is 26.0. The Labute approximate surface area is 128 Å². The van der Waals surface area contributed by atoms with Gasteiger partial charge in [-0.05, 0) is 39.2 Å². The minimum absolute atomic E-state index is 0.179. The van der Waals surface area contributed by atoms with Gasteiger partial charge in [-0.3, -0.25) is 10.1 Å². The van der Waals surface area contributed by atoms with Crippen LogP contribution in [0.5, 0.6) is 0 Å². The molecule has 2 aromatic heterocycles. The zero-order valence-electron chi connectivity index (χ0n) is 13.0. The highest BCUT2D eigenvalue weighted by molar-refractivity contribution is 7.13. The Bertz CT molecular complexity index is 643. The lowest BCUT2D eigenvalue weighted by Gasteiger charge is -2.06. The van der Waals surface area contributed by atoms with Crippen LogP contribution in [0.1, 0.15) is 45.6 Å². The molecular formula is C15H20N4OS. The van der Waals surface area contributed by atoms with Crippen molar-refractivity contribution < 1.29 is 4.79 Å². The number of aryl methyl sites for hydroxylation is 3. The van der Waals surface area contributed by atoms with Crippen LogP contribution in [0.15, 0.2) is 6.07 Å². The lowest BCUT2D eigenvalue weighted by atomic mass is 10.1. The van der Waals surface area contributed by atoms with Crippen molar-refractivity contribution in [3.63, 3.8) is 0 Å². The van der Waals surface area contributed by atoms with Gasteiger partial charge in [0.1, 0.15) is 4.88 Å². The van der Waals surface area contributed by atoms with Crippen molar-refractivity contribution in [3.05, 3.63) is 33.0 Å². The van der Waals surface area contributed by atoms with Crippen molar-refractivity contribution in [2.75, 3.05) is 5.32 Å². The molecule has 0 saturated heterocycles. The minimum atomic E-state index is -0.179. The van der Waals surface area contributed by atoms with Crippen molar-refractivity contribution >= 4 is 23.2 Å². The average Bonchev–Trinajstić information content (AvgIpc) is 2.67. The van der Waals surface area contributed by atoms with Gasteiger partial charge in [-0.2, -0.15) is 0 Å². The zero-order chi connectivity index (χ0) is 15.6. The fourth-order valence-electron chi connectivity index (χ4n) is 2.11. The van der Waals surface area contributed by atoms with E-state index in [0.717, 1.165) is 28.5 Å². The number of nitrogens with one attached hydrogen (secondary N) is 1. The van der Waals surface area contributed by atoms with Crippen molar-refractivity contribution in [3.8, 4) is 0 Å². The highest BCUT2D eigenvalue weighted by Gasteiger charge is 2.18. The molecule has 0 spiro atoms. The maximum Gasteiger partial charge on any atom is 0.270 e. The van der Waals surface area contributed by atoms with Gasteiger partial charge >= 0.3 is 0 Å². The average molecular weight is 304 g/mol. The van der Waals surface area contributed by atoms with Gasteiger partial charge in [0.2, 0.25) is 5.95 Å². The molecule has 6 heteroatoms. The number of nitrogens with zero attached hydrogens (tertiary/aromatic N) is 3. The molecule has 0 aliphatic heterocycles. The van der Waals surface area contributed by atoms with Gasteiger partial charge in [0.15, 0.2) is 0 Å². The third-order valence-corrected chi connectivity index (χ3v) is 3.83. The fraction of sp³-hybridized carbons (Fsp3) is 0.467. The first kappa shape index (κ1) is 15.6. The summed E-state index contributed by atoms with van der Waals surface area (Å²) in [6.45, 7) is 9.90. The third kappa shape index (κ3) is 4.07. The van der Waals surface area contributed by atoms with Crippen molar-refractivity contribution in [1.82, 2.24) is 15.0 Å². The minimum Gasteiger partial charge on any atom is -0.290 e. The van der Waals surface area contributed by atoms with Gasteiger partial charge in [-0.25, -0.2) is 15.0 Å². The second-order valence-corrected chi connectivity index (χ2v) is 6.74. The maximum absolute atomic E-state index is 12.4. The third-order valence-electron chi connectivity index (χ3n) is 2.82. The molecule has 2 aromatic rings. The van der Waals surface area contributed by atoms with Crippen LogP contribution in [0, 0.1) is 26.7 Å². The SMILES string of the molecule is Cc1cc(C)nc(NC(=O)c2sc(C)nc2CC(C)C)n1. The second-order valence-electron chi connectivity index (χ2n) is 5.54. The smallest absolute Gasteiger partial charge is 0.270 e. The first-order valence-electron chi connectivity index (χ1n) is 6.95. The number of carbonyl (C=O) groups is 1. The Morgan fingerprint density at radius 3 is 2.38 bits per heavy atom. The first-order chi connectivity index (χ1) is 9.85. The van der Waals surface area contributed by atoms with E-state index in [1.807, 2.05) is 26.8 Å². The summed E-state index contributed by atoms with van der Waals surface area (Å²) in [5, 5.41) is 3.68. The molecule has 0 aromatic carbocycles. The number of rotatable bonds is 4. The standard InChI is InChI=1S/C15H20N4OS/c1-8(2)6-12-13(21-11(5)18-12)14(20)19-15-16-9(3)7-10(4)17-15/h7-8H,6H2,1-5H3,(H,16,17,19,20). The van der Waals surface area contributed by atoms with E-state index in [1.165, 1.54) is 11.3 Å². The second kappa shape index (κ2) is 6.30. The Kier molecular flexibility index (Phi) is 4.67. The molecule has 0 atom stereocenters. The maximum atomic E-state index is 12.4. The molecule has 112 valence electrons. The van der Waals surface area contributed by atoms with Crippen LogP contribution in [0.2, 0.25) is 0 Å². The van der Waals surface area contributed by atoms with E-state index in [0.29, 0.717) is 16.7 Å². The molecule has 0 fully saturated rings. The van der Waals surface area contributed by atoms with Gasteiger partial charge in [-0.1, -0.05) is 13.8 Å². The summed E-state index contributed by atoms with van der Waals surface area (Å²) in [6, 6.07) is 1.87. The van der Waals surface area contributed by atoms with E-state index in [4.69, 9.17) is 0 Å². The number of amides is 1. The highest BCUT2D eigenvalue weighted by Crippen LogP contribution is 2.21. The summed E-state index contributed by atoms with van der Waals surface area (Å²) in [7, 11) is 0. The van der Waals surface area contributed by atoms with Crippen LogP contribution in [0.4, 0.5) is 5.95 Å². The van der Waals surface area contributed by atoms with E-state index in [1.54, 1.807) is 0 Å². The van der Waals surface area contributed by atoms with E-state index in [-0.39, 0.29) is 5.91 Å². The summed E-state index contributed by atoms with van der Waals surface area (Å²) in [6.07, 6.45) is 0.792. The predicted molar refractivity (Wildman–Crippen MR) is 84.9 cm³/mol. The molecule has 0 aliphatic carbocycles. The normalized spacial score (nSPS) is 11.0. The lowest BCUT2D eigenvalue weighted by molar-refractivity contribution is 0.102. The monoisotopic (exact) mass is 304 g/mol. The number of hydrogen-bond donors (Lipinski definition) is 1. The van der Waals surface area contributed by atoms with Gasteiger partial charge in [0, 0.05) is 11.4 Å². The molecule has 0 saturated carbocycles. The molecule has 1 N–H and O–H groups in total. The van der Waals surface area contributed by atoms with Gasteiger partial charge < -0.3 is 0 Å². The molecule has 0 bridgehead atoms. The Balaban J connectivity index is 2.24. The largest absolute Gasteiger partial charge is 0.290 e. The van der Waals surface area contributed by atoms with Crippen LogP contribution in [0.25, 0.3) is 0 Å². The molecule has 1 amide bonds. The van der Waals surface area contributed by atoms with E-state index < -0.39 is 0 Å². The van der Waals surface area contributed by atoms with Gasteiger partial charge in [-0.15, -0.1) is 11.3 Å². The van der Waals surface area contributed by atoms with Crippen LogP contribution in [0.3, 0.4) is 0 Å². The lowest BCUT2D eigenvalue weighted by Crippen LogP contribution is -2.16. The number of carbonyl (C=O) groups excluding carboxylic acids is 1.